The van der Waals surface area contributed by atoms with Crippen molar-refractivity contribution in [3.05, 3.63) is 42.2 Å². The molecule has 90 valence electrons. The number of alkyl carbamates (subject to hydrolysis) is 1. The minimum atomic E-state index is -1.06. The number of pyridine rings is 1. The predicted molar refractivity (Wildman–Crippen MR) is 59.6 cm³/mol. The topological polar surface area (TPSA) is 88.5 Å². The van der Waals surface area contributed by atoms with E-state index in [9.17, 15) is 9.59 Å². The molecule has 6 heteroatoms. The van der Waals surface area contributed by atoms with Crippen molar-refractivity contribution in [2.45, 2.75) is 6.54 Å². The third-order valence-electron chi connectivity index (χ3n) is 1.81. The predicted octanol–water partition coefficient (Wildman–Crippen LogP) is 1.19. The molecule has 1 heterocycles. The fourth-order valence-electron chi connectivity index (χ4n) is 1.06. The molecule has 1 aromatic heterocycles. The zero-order valence-corrected chi connectivity index (χ0v) is 9.05. The summed E-state index contributed by atoms with van der Waals surface area (Å²) >= 11 is 0. The van der Waals surface area contributed by atoms with Gasteiger partial charge >= 0.3 is 12.1 Å². The normalized spacial score (nSPS) is 9.41. The summed E-state index contributed by atoms with van der Waals surface area (Å²) in [6.45, 7) is 3.68. The number of nitrogens with one attached hydrogen (secondary N) is 1. The molecule has 0 aromatic carbocycles. The highest BCUT2D eigenvalue weighted by molar-refractivity contribution is 5.87. The third-order valence-corrected chi connectivity index (χ3v) is 1.81. The maximum atomic E-state index is 11.1. The lowest BCUT2D eigenvalue weighted by Crippen LogP contribution is -2.24. The maximum Gasteiger partial charge on any atom is 0.407 e. The number of carbonyl (C=O) groups excluding carboxylic acids is 1. The van der Waals surface area contributed by atoms with Crippen molar-refractivity contribution < 1.29 is 19.4 Å². The number of amides is 1. The van der Waals surface area contributed by atoms with Crippen LogP contribution < -0.4 is 5.32 Å². The molecule has 0 aliphatic heterocycles. The van der Waals surface area contributed by atoms with Gasteiger partial charge in [-0.3, -0.25) is 4.98 Å². The molecule has 1 aromatic rings. The lowest BCUT2D eigenvalue weighted by molar-refractivity contribution is 0.0696. The molecule has 0 fully saturated rings. The van der Waals surface area contributed by atoms with Crippen LogP contribution in [0, 0.1) is 0 Å². The van der Waals surface area contributed by atoms with Gasteiger partial charge in [0.25, 0.3) is 0 Å². The van der Waals surface area contributed by atoms with E-state index < -0.39 is 12.1 Å². The smallest absolute Gasteiger partial charge is 0.407 e. The molecule has 0 saturated carbocycles. The first-order chi connectivity index (χ1) is 8.13. The molecule has 1 rings (SSSR count). The number of aromatic carboxylic acids is 1. The molecule has 6 nitrogen and oxygen atoms in total. The number of rotatable bonds is 5. The van der Waals surface area contributed by atoms with E-state index in [0.717, 1.165) is 0 Å². The van der Waals surface area contributed by atoms with Crippen LogP contribution in [0.25, 0.3) is 0 Å². The van der Waals surface area contributed by atoms with E-state index in [1.54, 1.807) is 0 Å². The van der Waals surface area contributed by atoms with Gasteiger partial charge in [-0.2, -0.15) is 0 Å². The SMILES string of the molecule is C=CCOC(=O)NCc1cncc(C(=O)O)c1. The average molecular weight is 236 g/mol. The van der Waals surface area contributed by atoms with E-state index >= 15 is 0 Å². The van der Waals surface area contributed by atoms with Crippen LogP contribution in [0.2, 0.25) is 0 Å². The summed E-state index contributed by atoms with van der Waals surface area (Å²) in [4.78, 5) is 25.5. The number of carboxylic acids is 1. The van der Waals surface area contributed by atoms with Crippen LogP contribution in [0.5, 0.6) is 0 Å². The minimum Gasteiger partial charge on any atom is -0.478 e. The highest BCUT2D eigenvalue weighted by Crippen LogP contribution is 2.02. The molecule has 0 spiro atoms. The summed E-state index contributed by atoms with van der Waals surface area (Å²) < 4.78 is 4.69. The van der Waals surface area contributed by atoms with E-state index in [0.29, 0.717) is 5.56 Å². The van der Waals surface area contributed by atoms with Crippen LogP contribution in [0.3, 0.4) is 0 Å². The van der Waals surface area contributed by atoms with Crippen LogP contribution in [-0.4, -0.2) is 28.8 Å². The lowest BCUT2D eigenvalue weighted by atomic mass is 10.2. The standard InChI is InChI=1S/C11H12N2O4/c1-2-3-17-11(16)13-6-8-4-9(10(14)15)7-12-5-8/h2,4-5,7H,1,3,6H2,(H,13,16)(H,14,15). The number of nitrogens with zero attached hydrogens (tertiary/aromatic N) is 1. The fourth-order valence-corrected chi connectivity index (χ4v) is 1.06. The van der Waals surface area contributed by atoms with Crippen LogP contribution >= 0.6 is 0 Å². The molecule has 0 saturated heterocycles. The number of carbonyl (C=O) groups is 2. The zero-order chi connectivity index (χ0) is 12.7. The number of aromatic nitrogens is 1. The van der Waals surface area contributed by atoms with Crippen molar-refractivity contribution in [3.63, 3.8) is 0 Å². The second-order valence-electron chi connectivity index (χ2n) is 3.13. The first-order valence-electron chi connectivity index (χ1n) is 4.82. The lowest BCUT2D eigenvalue weighted by Gasteiger charge is -2.05. The van der Waals surface area contributed by atoms with Crippen LogP contribution in [-0.2, 0) is 11.3 Å². The van der Waals surface area contributed by atoms with Gasteiger partial charge < -0.3 is 15.2 Å². The Morgan fingerprint density at radius 3 is 2.94 bits per heavy atom. The van der Waals surface area contributed by atoms with Crippen LogP contribution in [0.1, 0.15) is 15.9 Å². The summed E-state index contributed by atoms with van der Waals surface area (Å²) in [5, 5.41) is 11.2. The van der Waals surface area contributed by atoms with Crippen LogP contribution in [0.15, 0.2) is 31.1 Å². The Labute approximate surface area is 97.9 Å². The summed E-state index contributed by atoms with van der Waals surface area (Å²) in [5.41, 5.74) is 0.657. The molecule has 0 atom stereocenters. The zero-order valence-electron chi connectivity index (χ0n) is 9.05. The first-order valence-corrected chi connectivity index (χ1v) is 4.82. The Hall–Kier alpha value is -2.37. The van der Waals surface area contributed by atoms with Crippen molar-refractivity contribution in [1.82, 2.24) is 10.3 Å². The van der Waals surface area contributed by atoms with E-state index in [2.05, 4.69) is 21.6 Å². The Morgan fingerprint density at radius 1 is 1.53 bits per heavy atom. The highest BCUT2D eigenvalue weighted by atomic mass is 16.5. The van der Waals surface area contributed by atoms with Gasteiger partial charge in [0.2, 0.25) is 0 Å². The molecule has 0 aliphatic rings. The highest BCUT2D eigenvalue weighted by Gasteiger charge is 2.05. The molecule has 1 amide bonds. The fraction of sp³-hybridized carbons (Fsp3) is 0.182. The Balaban J connectivity index is 2.51. The van der Waals surface area contributed by atoms with Gasteiger partial charge in [-0.1, -0.05) is 12.7 Å². The number of hydrogen-bond acceptors (Lipinski definition) is 4. The Bertz CT molecular complexity index is 431. The van der Waals surface area contributed by atoms with Gasteiger partial charge in [0.1, 0.15) is 6.61 Å². The van der Waals surface area contributed by atoms with Crippen molar-refractivity contribution in [2.75, 3.05) is 6.61 Å². The van der Waals surface area contributed by atoms with E-state index in [1.807, 2.05) is 0 Å². The Kier molecular flexibility index (Phi) is 4.68. The van der Waals surface area contributed by atoms with E-state index in [-0.39, 0.29) is 18.7 Å². The van der Waals surface area contributed by atoms with Crippen LogP contribution in [0.4, 0.5) is 4.79 Å². The van der Waals surface area contributed by atoms with Gasteiger partial charge in [-0.25, -0.2) is 9.59 Å². The quantitative estimate of drug-likeness (QED) is 0.750. The molecule has 0 radical (unpaired) electrons. The summed E-state index contributed by atoms with van der Waals surface area (Å²) in [5.74, 6) is -1.06. The third kappa shape index (κ3) is 4.33. The molecule has 0 aliphatic carbocycles. The van der Waals surface area contributed by atoms with Crippen molar-refractivity contribution >= 4 is 12.1 Å². The first kappa shape index (κ1) is 12.7. The second kappa shape index (κ2) is 6.26. The largest absolute Gasteiger partial charge is 0.478 e. The van der Waals surface area contributed by atoms with Crippen molar-refractivity contribution in [3.8, 4) is 0 Å². The van der Waals surface area contributed by atoms with Gasteiger partial charge in [0.05, 0.1) is 5.56 Å². The van der Waals surface area contributed by atoms with Crippen molar-refractivity contribution in [1.29, 1.82) is 0 Å². The monoisotopic (exact) mass is 236 g/mol. The van der Waals surface area contributed by atoms with Gasteiger partial charge in [-0.15, -0.1) is 0 Å². The molecule has 0 unspecified atom stereocenters. The summed E-state index contributed by atoms with van der Waals surface area (Å²) in [6.07, 6.45) is 3.57. The number of carboxylic acid groups (broad SMARTS) is 1. The molecular weight excluding hydrogens is 224 g/mol. The molecule has 0 bridgehead atoms. The second-order valence-corrected chi connectivity index (χ2v) is 3.13. The van der Waals surface area contributed by atoms with Gasteiger partial charge in [0, 0.05) is 18.9 Å². The molecule has 2 N–H and O–H groups in total. The van der Waals surface area contributed by atoms with Crippen molar-refractivity contribution in [2.24, 2.45) is 0 Å². The summed E-state index contributed by atoms with van der Waals surface area (Å²) in [7, 11) is 0. The molecule has 17 heavy (non-hydrogen) atoms. The van der Waals surface area contributed by atoms with Gasteiger partial charge in [0.15, 0.2) is 0 Å². The summed E-state index contributed by atoms with van der Waals surface area (Å²) in [6, 6.07) is 1.43. The Morgan fingerprint density at radius 2 is 2.29 bits per heavy atom. The van der Waals surface area contributed by atoms with E-state index in [1.165, 1.54) is 24.5 Å². The van der Waals surface area contributed by atoms with Gasteiger partial charge in [-0.05, 0) is 11.6 Å². The minimum absolute atomic E-state index is 0.0729. The average Bonchev–Trinajstić information content (AvgIpc) is 2.34. The maximum absolute atomic E-state index is 11.1. The molecular formula is C11H12N2O4. The number of ether oxygens (including phenoxy) is 1. The van der Waals surface area contributed by atoms with E-state index in [4.69, 9.17) is 5.11 Å². The number of hydrogen-bond donors (Lipinski definition) is 2.